The van der Waals surface area contributed by atoms with E-state index >= 15 is 0 Å². The first-order valence-corrected chi connectivity index (χ1v) is 9.97. The summed E-state index contributed by atoms with van der Waals surface area (Å²) in [7, 11) is 0. The second-order valence-electron chi connectivity index (χ2n) is 7.28. The van der Waals surface area contributed by atoms with Crippen molar-refractivity contribution < 1.29 is 9.18 Å². The lowest BCUT2D eigenvalue weighted by Crippen LogP contribution is -2.50. The molecule has 4 heterocycles. The van der Waals surface area contributed by atoms with E-state index in [4.69, 9.17) is 11.6 Å². The predicted molar refractivity (Wildman–Crippen MR) is 107 cm³/mol. The SMILES string of the molecule is C[C@@H](NC1=C(F)CNC(=C2C=NC3NC=C(Cl)C=C23)N1)C(=O)N1CCCCC1. The van der Waals surface area contributed by atoms with Crippen molar-refractivity contribution in [3.63, 3.8) is 0 Å². The zero-order valence-corrected chi connectivity index (χ0v) is 16.4. The molecule has 1 amide bonds. The van der Waals surface area contributed by atoms with Crippen molar-refractivity contribution in [3.8, 4) is 0 Å². The summed E-state index contributed by atoms with van der Waals surface area (Å²) in [6.45, 7) is 3.33. The Hall–Kier alpha value is -2.48. The fourth-order valence-corrected chi connectivity index (χ4v) is 3.91. The zero-order chi connectivity index (χ0) is 19.7. The van der Waals surface area contributed by atoms with Gasteiger partial charge in [-0.2, -0.15) is 0 Å². The van der Waals surface area contributed by atoms with Gasteiger partial charge in [-0.3, -0.25) is 9.79 Å². The number of hydrogen-bond donors (Lipinski definition) is 4. The van der Waals surface area contributed by atoms with Gasteiger partial charge >= 0.3 is 0 Å². The number of allylic oxidation sites excluding steroid dienone is 2. The first-order chi connectivity index (χ1) is 13.5. The normalized spacial score (nSPS) is 27.8. The summed E-state index contributed by atoms with van der Waals surface area (Å²) in [6, 6.07) is -0.520. The third kappa shape index (κ3) is 3.73. The van der Waals surface area contributed by atoms with E-state index < -0.39 is 6.04 Å². The minimum atomic E-state index is -0.520. The maximum Gasteiger partial charge on any atom is 0.244 e. The summed E-state index contributed by atoms with van der Waals surface area (Å²) >= 11 is 6.10. The molecule has 0 radical (unpaired) electrons. The van der Waals surface area contributed by atoms with Gasteiger partial charge in [0.15, 0.2) is 5.83 Å². The van der Waals surface area contributed by atoms with Gasteiger partial charge in [0.1, 0.15) is 23.8 Å². The van der Waals surface area contributed by atoms with Crippen molar-refractivity contribution >= 4 is 23.7 Å². The van der Waals surface area contributed by atoms with Gasteiger partial charge < -0.3 is 26.2 Å². The van der Waals surface area contributed by atoms with E-state index in [2.05, 4.69) is 26.3 Å². The molecule has 9 heteroatoms. The Balaban J connectivity index is 1.49. The fourth-order valence-electron chi connectivity index (χ4n) is 3.73. The number of aliphatic imine (C=N–C) groups is 1. The van der Waals surface area contributed by atoms with Crippen molar-refractivity contribution in [3.05, 3.63) is 45.9 Å². The Morgan fingerprint density at radius 1 is 1.39 bits per heavy atom. The Labute approximate surface area is 168 Å². The van der Waals surface area contributed by atoms with Crippen LogP contribution in [0.2, 0.25) is 0 Å². The smallest absolute Gasteiger partial charge is 0.244 e. The number of amides is 1. The van der Waals surface area contributed by atoms with Crippen LogP contribution >= 0.6 is 11.6 Å². The van der Waals surface area contributed by atoms with Crippen LogP contribution < -0.4 is 21.3 Å². The first kappa shape index (κ1) is 18.9. The van der Waals surface area contributed by atoms with Gasteiger partial charge in [-0.05, 0) is 32.3 Å². The molecule has 0 aromatic carbocycles. The second-order valence-corrected chi connectivity index (χ2v) is 7.71. The van der Waals surface area contributed by atoms with Gasteiger partial charge in [0.05, 0.1) is 11.6 Å². The lowest BCUT2D eigenvalue weighted by molar-refractivity contribution is -0.133. The van der Waals surface area contributed by atoms with Crippen LogP contribution in [-0.2, 0) is 4.79 Å². The summed E-state index contributed by atoms with van der Waals surface area (Å²) in [5.41, 5.74) is 1.71. The minimum Gasteiger partial charge on any atom is -0.365 e. The van der Waals surface area contributed by atoms with Crippen LogP contribution in [0, 0.1) is 0 Å². The van der Waals surface area contributed by atoms with Gasteiger partial charge in [0.2, 0.25) is 5.91 Å². The summed E-state index contributed by atoms with van der Waals surface area (Å²) < 4.78 is 14.4. The van der Waals surface area contributed by atoms with Crippen LogP contribution in [0.5, 0.6) is 0 Å². The number of halogens is 2. The maximum absolute atomic E-state index is 14.4. The van der Waals surface area contributed by atoms with Gasteiger partial charge in [-0.25, -0.2) is 4.39 Å². The van der Waals surface area contributed by atoms with E-state index in [1.54, 1.807) is 19.3 Å². The van der Waals surface area contributed by atoms with Gasteiger partial charge in [0, 0.05) is 36.7 Å². The largest absolute Gasteiger partial charge is 0.365 e. The average molecular weight is 407 g/mol. The highest BCUT2D eigenvalue weighted by Gasteiger charge is 2.29. The van der Waals surface area contributed by atoms with E-state index in [0.717, 1.165) is 43.5 Å². The topological polar surface area (TPSA) is 80.8 Å². The van der Waals surface area contributed by atoms with Gasteiger partial charge in [-0.15, -0.1) is 0 Å². The molecule has 28 heavy (non-hydrogen) atoms. The highest BCUT2D eigenvalue weighted by molar-refractivity contribution is 6.31. The lowest BCUT2D eigenvalue weighted by Gasteiger charge is -2.31. The molecule has 4 N–H and O–H groups in total. The number of nitrogens with zero attached hydrogens (tertiary/aromatic N) is 2. The molecule has 0 spiro atoms. The molecule has 7 nitrogen and oxygen atoms in total. The quantitative estimate of drug-likeness (QED) is 0.571. The van der Waals surface area contributed by atoms with Crippen LogP contribution in [0.1, 0.15) is 26.2 Å². The van der Waals surface area contributed by atoms with Crippen LogP contribution in [0.25, 0.3) is 0 Å². The molecular weight excluding hydrogens is 383 g/mol. The average Bonchev–Trinajstić information content (AvgIpc) is 3.12. The third-order valence-electron chi connectivity index (χ3n) is 5.24. The van der Waals surface area contributed by atoms with E-state index in [0.29, 0.717) is 10.9 Å². The predicted octanol–water partition coefficient (Wildman–Crippen LogP) is 1.54. The molecule has 0 aromatic rings. The number of nitrogens with one attached hydrogen (secondary N) is 4. The number of carbonyl (C=O) groups excluding carboxylic acids is 1. The molecule has 4 aliphatic rings. The molecule has 0 bridgehead atoms. The summed E-state index contributed by atoms with van der Waals surface area (Å²) in [5.74, 6) is 0.463. The Kier molecular flexibility index (Phi) is 5.30. The molecule has 4 rings (SSSR count). The van der Waals surface area contributed by atoms with E-state index in [1.807, 2.05) is 11.0 Å². The molecule has 1 saturated heterocycles. The fraction of sp³-hybridized carbons (Fsp3) is 0.474. The molecular formula is C19H24ClFN6O. The lowest BCUT2D eigenvalue weighted by atomic mass is 10.0. The summed E-state index contributed by atoms with van der Waals surface area (Å²) in [5, 5.41) is 12.8. The highest BCUT2D eigenvalue weighted by atomic mass is 35.5. The van der Waals surface area contributed by atoms with Crippen molar-refractivity contribution in [1.29, 1.82) is 0 Å². The Morgan fingerprint density at radius 3 is 2.96 bits per heavy atom. The molecule has 0 aliphatic carbocycles. The number of dihydropyridines is 1. The third-order valence-corrected chi connectivity index (χ3v) is 5.46. The van der Waals surface area contributed by atoms with Crippen molar-refractivity contribution in [2.45, 2.75) is 38.4 Å². The number of likely N-dealkylation sites (tertiary alicyclic amines) is 1. The number of fused-ring (bicyclic) bond motifs is 1. The van der Waals surface area contributed by atoms with E-state index in [1.165, 1.54) is 0 Å². The number of hydrogen-bond acceptors (Lipinski definition) is 6. The molecule has 150 valence electrons. The first-order valence-electron chi connectivity index (χ1n) is 9.59. The molecule has 0 saturated carbocycles. The standard InChI is InChI=1S/C19H24ClFN6O/c1-11(19(28)27-5-3-2-4-6-27)25-18-15(21)10-24-17(26-18)14-9-23-16-13(14)7-12(20)8-22-16/h7-9,11,16,22,24-26H,2-6,10H2,1H3/t11-,16?/m1/s1. The van der Waals surface area contributed by atoms with Gasteiger partial charge in [0.25, 0.3) is 0 Å². The van der Waals surface area contributed by atoms with Gasteiger partial charge in [-0.1, -0.05) is 11.6 Å². The monoisotopic (exact) mass is 406 g/mol. The molecule has 1 unspecified atom stereocenters. The molecule has 4 aliphatic heterocycles. The number of carbonyl (C=O) groups is 1. The van der Waals surface area contributed by atoms with E-state index in [9.17, 15) is 9.18 Å². The van der Waals surface area contributed by atoms with Crippen LogP contribution in [-0.4, -0.2) is 48.9 Å². The van der Waals surface area contributed by atoms with Crippen LogP contribution in [0.3, 0.4) is 0 Å². The van der Waals surface area contributed by atoms with Crippen molar-refractivity contribution in [2.75, 3.05) is 19.6 Å². The van der Waals surface area contributed by atoms with Crippen LogP contribution in [0.4, 0.5) is 4.39 Å². The Bertz CT molecular complexity index is 824. The molecule has 2 atom stereocenters. The summed E-state index contributed by atoms with van der Waals surface area (Å²) in [4.78, 5) is 18.9. The number of rotatable bonds is 3. The highest BCUT2D eigenvalue weighted by Crippen LogP contribution is 2.28. The molecule has 0 aromatic heterocycles. The molecule has 1 fully saturated rings. The van der Waals surface area contributed by atoms with Crippen LogP contribution in [0.15, 0.2) is 50.9 Å². The minimum absolute atomic E-state index is 0.00636. The van der Waals surface area contributed by atoms with Crippen molar-refractivity contribution in [2.24, 2.45) is 4.99 Å². The number of piperidine rings is 1. The Morgan fingerprint density at radius 2 is 2.18 bits per heavy atom. The van der Waals surface area contributed by atoms with E-state index in [-0.39, 0.29) is 30.3 Å². The second kappa shape index (κ2) is 7.87. The maximum atomic E-state index is 14.4. The zero-order valence-electron chi connectivity index (χ0n) is 15.7. The van der Waals surface area contributed by atoms with Crippen molar-refractivity contribution in [1.82, 2.24) is 26.2 Å². The summed E-state index contributed by atoms with van der Waals surface area (Å²) in [6.07, 6.45) is 8.27.